The van der Waals surface area contributed by atoms with Crippen LogP contribution in [0.1, 0.15) is 35.9 Å². The summed E-state index contributed by atoms with van der Waals surface area (Å²) in [5.74, 6) is 1.10. The van der Waals surface area contributed by atoms with E-state index < -0.39 is 0 Å². The van der Waals surface area contributed by atoms with E-state index in [1.807, 2.05) is 49.6 Å². The molecule has 0 aliphatic heterocycles. The molecule has 0 saturated carbocycles. The Morgan fingerprint density at radius 2 is 2.17 bits per heavy atom. The first kappa shape index (κ1) is 15.7. The highest BCUT2D eigenvalue weighted by Gasteiger charge is 2.18. The molecule has 1 aromatic carbocycles. The van der Waals surface area contributed by atoms with Crippen molar-refractivity contribution in [2.24, 2.45) is 0 Å². The van der Waals surface area contributed by atoms with Gasteiger partial charge in [-0.25, -0.2) is 4.98 Å². The van der Waals surface area contributed by atoms with Crippen molar-refractivity contribution in [1.82, 2.24) is 25.1 Å². The number of aromatic amines is 1. The van der Waals surface area contributed by atoms with Crippen LogP contribution in [0.5, 0.6) is 0 Å². The molecule has 2 N–H and O–H groups in total. The van der Waals surface area contributed by atoms with Crippen LogP contribution in [0.2, 0.25) is 0 Å². The van der Waals surface area contributed by atoms with Crippen molar-refractivity contribution < 1.29 is 4.79 Å². The number of nitrogens with one attached hydrogen (secondary N) is 2. The topological polar surface area (TPSA) is 99.4 Å². The van der Waals surface area contributed by atoms with Gasteiger partial charge in [0.2, 0.25) is 5.91 Å². The zero-order valence-corrected chi connectivity index (χ0v) is 13.8. The summed E-state index contributed by atoms with van der Waals surface area (Å²) in [4.78, 5) is 16.6. The standard InChI is InChI=1S/C17H18N6O/c1-10(17-20-12(3)21-22-17)19-16(24)9-23-11(2)14(8-18)13-6-4-5-7-15(13)23/h4-7,10H,9H2,1-3H3,(H,19,24)(H,20,21,22)/t10-/m0/s1. The Kier molecular flexibility index (Phi) is 4.04. The van der Waals surface area contributed by atoms with Gasteiger partial charge in [0, 0.05) is 11.1 Å². The minimum atomic E-state index is -0.292. The monoisotopic (exact) mass is 322 g/mol. The van der Waals surface area contributed by atoms with E-state index in [1.54, 1.807) is 0 Å². The van der Waals surface area contributed by atoms with Crippen molar-refractivity contribution in [1.29, 1.82) is 5.26 Å². The zero-order valence-electron chi connectivity index (χ0n) is 13.8. The molecule has 0 bridgehead atoms. The van der Waals surface area contributed by atoms with Gasteiger partial charge in [0.15, 0.2) is 5.82 Å². The molecule has 0 radical (unpaired) electrons. The number of nitrogens with zero attached hydrogens (tertiary/aromatic N) is 4. The van der Waals surface area contributed by atoms with E-state index in [9.17, 15) is 10.1 Å². The second-order valence-electron chi connectivity index (χ2n) is 5.74. The SMILES string of the molecule is Cc1nc([C@H](C)NC(=O)Cn2c(C)c(C#N)c3ccccc32)n[nH]1. The summed E-state index contributed by atoms with van der Waals surface area (Å²) >= 11 is 0. The predicted octanol–water partition coefficient (Wildman–Crippen LogP) is 2.13. The van der Waals surface area contributed by atoms with Gasteiger partial charge in [-0.15, -0.1) is 0 Å². The molecule has 0 aliphatic rings. The summed E-state index contributed by atoms with van der Waals surface area (Å²) in [6.45, 7) is 5.64. The second-order valence-corrected chi connectivity index (χ2v) is 5.74. The molecule has 3 rings (SSSR count). The first-order valence-corrected chi connectivity index (χ1v) is 7.67. The Labute approximate surface area is 139 Å². The van der Waals surface area contributed by atoms with Gasteiger partial charge in [-0.2, -0.15) is 10.4 Å². The third-order valence-electron chi connectivity index (χ3n) is 4.02. The van der Waals surface area contributed by atoms with Crippen molar-refractivity contribution in [2.45, 2.75) is 33.4 Å². The third kappa shape index (κ3) is 2.74. The van der Waals surface area contributed by atoms with Gasteiger partial charge >= 0.3 is 0 Å². The molecule has 24 heavy (non-hydrogen) atoms. The Morgan fingerprint density at radius 1 is 1.42 bits per heavy atom. The van der Waals surface area contributed by atoms with Gasteiger partial charge in [-0.05, 0) is 26.8 Å². The summed E-state index contributed by atoms with van der Waals surface area (Å²) in [5, 5.41) is 20.0. The van der Waals surface area contributed by atoms with E-state index in [0.717, 1.165) is 16.6 Å². The smallest absolute Gasteiger partial charge is 0.240 e. The van der Waals surface area contributed by atoms with Crippen LogP contribution in [0.3, 0.4) is 0 Å². The average Bonchev–Trinajstić information content (AvgIpc) is 3.10. The lowest BCUT2D eigenvalue weighted by molar-refractivity contribution is -0.122. The van der Waals surface area contributed by atoms with Crippen LogP contribution in [-0.2, 0) is 11.3 Å². The van der Waals surface area contributed by atoms with Gasteiger partial charge in [0.1, 0.15) is 18.4 Å². The number of carbonyl (C=O) groups is 1. The van der Waals surface area contributed by atoms with Crippen molar-refractivity contribution in [3.63, 3.8) is 0 Å². The number of rotatable bonds is 4. The summed E-state index contributed by atoms with van der Waals surface area (Å²) in [7, 11) is 0. The minimum Gasteiger partial charge on any atom is -0.345 e. The number of nitriles is 1. The quantitative estimate of drug-likeness (QED) is 0.768. The number of para-hydroxylation sites is 1. The fraction of sp³-hybridized carbons (Fsp3) is 0.294. The maximum Gasteiger partial charge on any atom is 0.240 e. The molecule has 0 unspecified atom stereocenters. The molecule has 1 atom stereocenters. The molecule has 0 fully saturated rings. The average molecular weight is 322 g/mol. The number of fused-ring (bicyclic) bond motifs is 1. The van der Waals surface area contributed by atoms with E-state index in [1.165, 1.54) is 0 Å². The molecule has 0 spiro atoms. The van der Waals surface area contributed by atoms with Gasteiger partial charge in [0.25, 0.3) is 0 Å². The van der Waals surface area contributed by atoms with Crippen LogP contribution in [0, 0.1) is 25.2 Å². The second kappa shape index (κ2) is 6.16. The fourth-order valence-electron chi connectivity index (χ4n) is 2.82. The van der Waals surface area contributed by atoms with E-state index in [4.69, 9.17) is 0 Å². The van der Waals surface area contributed by atoms with Gasteiger partial charge in [-0.1, -0.05) is 18.2 Å². The number of hydrogen-bond donors (Lipinski definition) is 2. The van der Waals surface area contributed by atoms with Crippen LogP contribution in [0.4, 0.5) is 0 Å². The molecule has 0 saturated heterocycles. The van der Waals surface area contributed by atoms with Crippen LogP contribution >= 0.6 is 0 Å². The first-order valence-electron chi connectivity index (χ1n) is 7.67. The lowest BCUT2D eigenvalue weighted by Crippen LogP contribution is -2.31. The molecule has 122 valence electrons. The molecule has 1 amide bonds. The lowest BCUT2D eigenvalue weighted by Gasteiger charge is -2.12. The summed E-state index contributed by atoms with van der Waals surface area (Å²) < 4.78 is 1.86. The van der Waals surface area contributed by atoms with Gasteiger partial charge in [0.05, 0.1) is 17.1 Å². The molecule has 7 nitrogen and oxygen atoms in total. The van der Waals surface area contributed by atoms with Crippen molar-refractivity contribution in [3.05, 3.63) is 47.2 Å². The minimum absolute atomic E-state index is 0.141. The first-order chi connectivity index (χ1) is 11.5. The highest BCUT2D eigenvalue weighted by atomic mass is 16.2. The third-order valence-corrected chi connectivity index (χ3v) is 4.02. The number of hydrogen-bond acceptors (Lipinski definition) is 4. The Hall–Kier alpha value is -3.14. The fourth-order valence-corrected chi connectivity index (χ4v) is 2.82. The largest absolute Gasteiger partial charge is 0.345 e. The summed E-state index contributed by atoms with van der Waals surface area (Å²) in [6.07, 6.45) is 0. The summed E-state index contributed by atoms with van der Waals surface area (Å²) in [5.41, 5.74) is 2.27. The molecule has 7 heteroatoms. The Morgan fingerprint density at radius 3 is 2.83 bits per heavy atom. The lowest BCUT2D eigenvalue weighted by atomic mass is 10.1. The highest BCUT2D eigenvalue weighted by molar-refractivity contribution is 5.89. The molecule has 2 aromatic heterocycles. The Bertz CT molecular complexity index is 946. The zero-order chi connectivity index (χ0) is 17.3. The molecular formula is C17H18N6O. The predicted molar refractivity (Wildman–Crippen MR) is 89.1 cm³/mol. The maximum atomic E-state index is 12.4. The van der Waals surface area contributed by atoms with E-state index in [-0.39, 0.29) is 18.5 Å². The molecule has 0 aliphatic carbocycles. The number of carbonyl (C=O) groups excluding carboxylic acids is 1. The molecular weight excluding hydrogens is 304 g/mol. The Balaban J connectivity index is 1.84. The number of H-pyrrole nitrogens is 1. The number of aromatic nitrogens is 4. The van der Waals surface area contributed by atoms with E-state index in [2.05, 4.69) is 26.6 Å². The maximum absolute atomic E-state index is 12.4. The van der Waals surface area contributed by atoms with Crippen molar-refractivity contribution in [3.8, 4) is 6.07 Å². The highest BCUT2D eigenvalue weighted by Crippen LogP contribution is 2.25. The molecule has 2 heterocycles. The number of benzene rings is 1. The number of aryl methyl sites for hydroxylation is 1. The van der Waals surface area contributed by atoms with Gasteiger partial charge < -0.3 is 9.88 Å². The van der Waals surface area contributed by atoms with E-state index in [0.29, 0.717) is 17.2 Å². The van der Waals surface area contributed by atoms with Crippen molar-refractivity contribution in [2.75, 3.05) is 0 Å². The normalized spacial score (nSPS) is 12.1. The van der Waals surface area contributed by atoms with Crippen LogP contribution in [0.25, 0.3) is 10.9 Å². The van der Waals surface area contributed by atoms with Crippen LogP contribution < -0.4 is 5.32 Å². The van der Waals surface area contributed by atoms with Crippen molar-refractivity contribution >= 4 is 16.8 Å². The van der Waals surface area contributed by atoms with E-state index >= 15 is 0 Å². The molecule has 3 aromatic rings. The summed E-state index contributed by atoms with van der Waals surface area (Å²) in [6, 6.07) is 9.53. The van der Waals surface area contributed by atoms with Crippen LogP contribution in [-0.4, -0.2) is 25.7 Å². The van der Waals surface area contributed by atoms with Crippen LogP contribution in [0.15, 0.2) is 24.3 Å². The number of amides is 1. The van der Waals surface area contributed by atoms with Gasteiger partial charge in [-0.3, -0.25) is 9.89 Å².